The molecule has 0 aromatic heterocycles. The number of aliphatic hydroxyl groups is 1. The molecule has 0 bridgehead atoms. The van der Waals surface area contributed by atoms with E-state index in [0.717, 1.165) is 24.7 Å². The Hall–Kier alpha value is -1.59. The summed E-state index contributed by atoms with van der Waals surface area (Å²) in [7, 11) is 3.89. The molecule has 1 heterocycles. The lowest BCUT2D eigenvalue weighted by atomic mass is 9.99. The molecule has 1 aromatic rings. The zero-order valence-electron chi connectivity index (χ0n) is 14.5. The highest BCUT2D eigenvalue weighted by Crippen LogP contribution is 2.16. The second-order valence-corrected chi connectivity index (χ2v) is 6.79. The number of nitrogens with zero attached hydrogens (tertiary/aromatic N) is 2. The number of nitrogens with one attached hydrogen (secondary N) is 1. The number of carbonyl (C=O) groups excluding carboxylic acids is 1. The molecule has 0 aliphatic carbocycles. The standard InChI is InChI=1S/C18H29N3O2/c1-14-7-9-21(10-8-14)13-17(22)12-19-18(23)15-5-4-6-16(11-15)20(2)3/h4-6,11,14,17,22H,7-10,12-13H2,1-3H3,(H,19,23). The summed E-state index contributed by atoms with van der Waals surface area (Å²) in [6.45, 7) is 5.27. The van der Waals surface area contributed by atoms with Gasteiger partial charge in [-0.1, -0.05) is 13.0 Å². The van der Waals surface area contributed by atoms with E-state index in [1.165, 1.54) is 12.8 Å². The molecule has 1 aliphatic rings. The first kappa shape index (κ1) is 17.8. The van der Waals surface area contributed by atoms with Gasteiger partial charge in [-0.05, 0) is 50.0 Å². The summed E-state index contributed by atoms with van der Waals surface area (Å²) in [5.41, 5.74) is 1.61. The van der Waals surface area contributed by atoms with E-state index in [1.54, 1.807) is 6.07 Å². The van der Waals surface area contributed by atoms with Gasteiger partial charge in [-0.2, -0.15) is 0 Å². The number of likely N-dealkylation sites (tertiary alicyclic amines) is 1. The van der Waals surface area contributed by atoms with Crippen molar-refractivity contribution in [3.05, 3.63) is 29.8 Å². The van der Waals surface area contributed by atoms with Gasteiger partial charge >= 0.3 is 0 Å². The van der Waals surface area contributed by atoms with Crippen LogP contribution in [0.3, 0.4) is 0 Å². The summed E-state index contributed by atoms with van der Waals surface area (Å²) >= 11 is 0. The van der Waals surface area contributed by atoms with Crippen molar-refractivity contribution in [3.8, 4) is 0 Å². The normalized spacial score (nSPS) is 17.7. The number of amides is 1. The van der Waals surface area contributed by atoms with Crippen molar-refractivity contribution in [1.29, 1.82) is 0 Å². The summed E-state index contributed by atoms with van der Waals surface area (Å²) in [6.07, 6.45) is 1.86. The second-order valence-electron chi connectivity index (χ2n) is 6.79. The lowest BCUT2D eigenvalue weighted by Crippen LogP contribution is -2.43. The largest absolute Gasteiger partial charge is 0.390 e. The fourth-order valence-electron chi connectivity index (χ4n) is 2.85. The molecule has 2 N–H and O–H groups in total. The molecule has 1 aromatic carbocycles. The smallest absolute Gasteiger partial charge is 0.251 e. The molecular weight excluding hydrogens is 290 g/mol. The van der Waals surface area contributed by atoms with Crippen molar-refractivity contribution in [3.63, 3.8) is 0 Å². The number of benzene rings is 1. The molecule has 1 aliphatic heterocycles. The van der Waals surface area contributed by atoms with Gasteiger partial charge in [0.15, 0.2) is 0 Å². The van der Waals surface area contributed by atoms with Crippen LogP contribution in [0.5, 0.6) is 0 Å². The van der Waals surface area contributed by atoms with E-state index in [9.17, 15) is 9.90 Å². The van der Waals surface area contributed by atoms with Crippen LogP contribution in [0.1, 0.15) is 30.1 Å². The molecule has 1 amide bonds. The van der Waals surface area contributed by atoms with Crippen LogP contribution in [0.25, 0.3) is 0 Å². The van der Waals surface area contributed by atoms with E-state index in [2.05, 4.69) is 17.1 Å². The van der Waals surface area contributed by atoms with Crippen LogP contribution in [-0.4, -0.2) is 62.3 Å². The van der Waals surface area contributed by atoms with E-state index >= 15 is 0 Å². The molecular formula is C18H29N3O2. The Morgan fingerprint density at radius 2 is 2.09 bits per heavy atom. The first-order chi connectivity index (χ1) is 11.0. The summed E-state index contributed by atoms with van der Waals surface area (Å²) in [5, 5.41) is 13.0. The lowest BCUT2D eigenvalue weighted by Gasteiger charge is -2.31. The van der Waals surface area contributed by atoms with Crippen LogP contribution in [0.15, 0.2) is 24.3 Å². The monoisotopic (exact) mass is 319 g/mol. The Morgan fingerprint density at radius 3 is 2.74 bits per heavy atom. The van der Waals surface area contributed by atoms with Crippen LogP contribution in [0.4, 0.5) is 5.69 Å². The Bertz CT molecular complexity index is 511. The number of hydrogen-bond acceptors (Lipinski definition) is 4. The number of aliphatic hydroxyl groups excluding tert-OH is 1. The predicted molar refractivity (Wildman–Crippen MR) is 93.9 cm³/mol. The third-order valence-electron chi connectivity index (χ3n) is 4.47. The van der Waals surface area contributed by atoms with Gasteiger partial charge in [-0.15, -0.1) is 0 Å². The molecule has 5 nitrogen and oxygen atoms in total. The Labute approximate surface area is 139 Å². The molecule has 128 valence electrons. The second kappa shape index (κ2) is 8.31. The van der Waals surface area contributed by atoms with Crippen LogP contribution >= 0.6 is 0 Å². The molecule has 0 spiro atoms. The van der Waals surface area contributed by atoms with Gasteiger partial charge in [0.25, 0.3) is 5.91 Å². The van der Waals surface area contributed by atoms with Gasteiger partial charge in [0.1, 0.15) is 0 Å². The zero-order valence-corrected chi connectivity index (χ0v) is 14.5. The third-order valence-corrected chi connectivity index (χ3v) is 4.47. The Kier molecular flexibility index (Phi) is 6.42. The average Bonchev–Trinajstić information content (AvgIpc) is 2.55. The quantitative estimate of drug-likeness (QED) is 0.836. The summed E-state index contributed by atoms with van der Waals surface area (Å²) < 4.78 is 0. The first-order valence-electron chi connectivity index (χ1n) is 8.41. The lowest BCUT2D eigenvalue weighted by molar-refractivity contribution is 0.0795. The summed E-state index contributed by atoms with van der Waals surface area (Å²) in [6, 6.07) is 7.48. The number of anilines is 1. The molecule has 0 radical (unpaired) electrons. The molecule has 1 fully saturated rings. The van der Waals surface area contributed by atoms with Crippen LogP contribution in [0.2, 0.25) is 0 Å². The maximum Gasteiger partial charge on any atom is 0.251 e. The van der Waals surface area contributed by atoms with Gasteiger partial charge in [0, 0.05) is 38.4 Å². The maximum absolute atomic E-state index is 12.2. The first-order valence-corrected chi connectivity index (χ1v) is 8.41. The molecule has 0 saturated carbocycles. The molecule has 5 heteroatoms. The zero-order chi connectivity index (χ0) is 16.8. The fourth-order valence-corrected chi connectivity index (χ4v) is 2.85. The SMILES string of the molecule is CC1CCN(CC(O)CNC(=O)c2cccc(N(C)C)c2)CC1. The fraction of sp³-hybridized carbons (Fsp3) is 0.611. The van der Waals surface area contributed by atoms with Gasteiger partial charge in [-0.3, -0.25) is 4.79 Å². The van der Waals surface area contributed by atoms with Crippen molar-refractivity contribution >= 4 is 11.6 Å². The highest BCUT2D eigenvalue weighted by molar-refractivity contribution is 5.95. The van der Waals surface area contributed by atoms with Crippen LogP contribution in [0, 0.1) is 5.92 Å². The highest BCUT2D eigenvalue weighted by atomic mass is 16.3. The van der Waals surface area contributed by atoms with Crippen LogP contribution in [-0.2, 0) is 0 Å². The van der Waals surface area contributed by atoms with E-state index in [4.69, 9.17) is 0 Å². The number of piperidine rings is 1. The molecule has 1 saturated heterocycles. The number of β-amino-alcohol motifs (C(OH)–C–C–N with tert-alkyl or cyclic N) is 1. The predicted octanol–water partition coefficient (Wildman–Crippen LogP) is 1.58. The van der Waals surface area contributed by atoms with Crippen molar-refractivity contribution < 1.29 is 9.90 Å². The minimum Gasteiger partial charge on any atom is -0.390 e. The van der Waals surface area contributed by atoms with E-state index in [1.807, 2.05) is 37.2 Å². The van der Waals surface area contributed by atoms with Crippen LogP contribution < -0.4 is 10.2 Å². The average molecular weight is 319 g/mol. The number of hydrogen-bond donors (Lipinski definition) is 2. The topological polar surface area (TPSA) is 55.8 Å². The Morgan fingerprint density at radius 1 is 1.39 bits per heavy atom. The van der Waals surface area contributed by atoms with Gasteiger partial charge in [0.2, 0.25) is 0 Å². The van der Waals surface area contributed by atoms with Crippen molar-refractivity contribution in [1.82, 2.24) is 10.2 Å². The maximum atomic E-state index is 12.2. The van der Waals surface area contributed by atoms with E-state index in [-0.39, 0.29) is 12.5 Å². The van der Waals surface area contributed by atoms with E-state index < -0.39 is 6.10 Å². The number of rotatable bonds is 6. The van der Waals surface area contributed by atoms with E-state index in [0.29, 0.717) is 12.1 Å². The van der Waals surface area contributed by atoms with Gasteiger partial charge in [0.05, 0.1) is 6.10 Å². The minimum absolute atomic E-state index is 0.139. The summed E-state index contributed by atoms with van der Waals surface area (Å²) in [5.74, 6) is 0.645. The highest BCUT2D eigenvalue weighted by Gasteiger charge is 2.18. The molecule has 1 unspecified atom stereocenters. The number of carbonyl (C=O) groups is 1. The molecule has 1 atom stereocenters. The molecule has 23 heavy (non-hydrogen) atoms. The Balaban J connectivity index is 1.78. The molecule has 2 rings (SSSR count). The van der Waals surface area contributed by atoms with Crippen molar-refractivity contribution in [2.45, 2.75) is 25.9 Å². The summed E-state index contributed by atoms with van der Waals surface area (Å²) in [4.78, 5) is 16.4. The van der Waals surface area contributed by atoms with Crippen molar-refractivity contribution in [2.24, 2.45) is 5.92 Å². The third kappa shape index (κ3) is 5.52. The van der Waals surface area contributed by atoms with Crippen molar-refractivity contribution in [2.75, 3.05) is 45.2 Å². The van der Waals surface area contributed by atoms with Gasteiger partial charge < -0.3 is 20.2 Å². The minimum atomic E-state index is -0.524. The van der Waals surface area contributed by atoms with Gasteiger partial charge in [-0.25, -0.2) is 0 Å².